The molecular weight excluding hydrogens is 246 g/mol. The molecule has 1 aromatic carbocycles. The van der Waals surface area contributed by atoms with E-state index in [9.17, 15) is 0 Å². The van der Waals surface area contributed by atoms with Gasteiger partial charge in [-0.05, 0) is 39.0 Å². The van der Waals surface area contributed by atoms with Crippen LogP contribution in [0, 0.1) is 0 Å². The van der Waals surface area contributed by atoms with Crippen molar-refractivity contribution in [1.29, 1.82) is 0 Å². The van der Waals surface area contributed by atoms with Crippen LogP contribution in [0.1, 0.15) is 25.3 Å². The van der Waals surface area contributed by atoms with Crippen LogP contribution < -0.4 is 5.73 Å². The predicted molar refractivity (Wildman–Crippen MR) is 86.0 cm³/mol. The van der Waals surface area contributed by atoms with Crippen molar-refractivity contribution >= 4 is 0 Å². The van der Waals surface area contributed by atoms with Crippen molar-refractivity contribution in [2.75, 3.05) is 40.3 Å². The van der Waals surface area contributed by atoms with E-state index in [0.717, 1.165) is 13.1 Å². The third-order valence-electron chi connectivity index (χ3n) is 4.55. The van der Waals surface area contributed by atoms with E-state index in [-0.39, 0.29) is 5.41 Å². The molecule has 2 rings (SSSR count). The minimum Gasteiger partial charge on any atom is -0.330 e. The lowest BCUT2D eigenvalue weighted by atomic mass is 9.82. The summed E-state index contributed by atoms with van der Waals surface area (Å²) in [6.45, 7) is 6.41. The highest BCUT2D eigenvalue weighted by Gasteiger charge is 2.33. The lowest BCUT2D eigenvalue weighted by molar-refractivity contribution is 0.173. The SMILES string of the molecule is CN(C)CC1CCCN1CC(C)(CN)c1ccccc1. The fraction of sp³-hybridized carbons (Fsp3) is 0.647. The Kier molecular flexibility index (Phi) is 5.19. The third-order valence-corrected chi connectivity index (χ3v) is 4.55. The highest BCUT2D eigenvalue weighted by molar-refractivity contribution is 5.25. The van der Waals surface area contributed by atoms with Gasteiger partial charge in [-0.2, -0.15) is 0 Å². The first-order valence-electron chi connectivity index (χ1n) is 7.69. The molecule has 0 aliphatic carbocycles. The Morgan fingerprint density at radius 1 is 1.30 bits per heavy atom. The van der Waals surface area contributed by atoms with Gasteiger partial charge in [0, 0.05) is 31.1 Å². The van der Waals surface area contributed by atoms with Crippen LogP contribution in [0.5, 0.6) is 0 Å². The van der Waals surface area contributed by atoms with E-state index < -0.39 is 0 Å². The van der Waals surface area contributed by atoms with Gasteiger partial charge in [-0.25, -0.2) is 0 Å². The number of nitrogens with zero attached hydrogens (tertiary/aromatic N) is 2. The topological polar surface area (TPSA) is 32.5 Å². The first kappa shape index (κ1) is 15.5. The predicted octanol–water partition coefficient (Wildman–Crippen LogP) is 1.93. The van der Waals surface area contributed by atoms with Crippen LogP contribution in [0.15, 0.2) is 30.3 Å². The molecule has 0 bridgehead atoms. The maximum Gasteiger partial charge on any atom is 0.0223 e. The van der Waals surface area contributed by atoms with E-state index >= 15 is 0 Å². The molecule has 3 nitrogen and oxygen atoms in total. The lowest BCUT2D eigenvalue weighted by Gasteiger charge is -2.37. The zero-order valence-corrected chi connectivity index (χ0v) is 13.2. The lowest BCUT2D eigenvalue weighted by Crippen LogP contribution is -2.47. The van der Waals surface area contributed by atoms with Crippen molar-refractivity contribution in [3.63, 3.8) is 0 Å². The summed E-state index contributed by atoms with van der Waals surface area (Å²) in [7, 11) is 4.33. The van der Waals surface area contributed by atoms with Crippen molar-refractivity contribution in [3.8, 4) is 0 Å². The normalized spacial score (nSPS) is 23.1. The molecule has 0 radical (unpaired) electrons. The van der Waals surface area contributed by atoms with E-state index in [4.69, 9.17) is 5.73 Å². The number of likely N-dealkylation sites (N-methyl/N-ethyl adjacent to an activating group) is 1. The molecule has 2 atom stereocenters. The molecule has 0 saturated carbocycles. The second-order valence-corrected chi connectivity index (χ2v) is 6.66. The Balaban J connectivity index is 2.09. The van der Waals surface area contributed by atoms with E-state index in [1.165, 1.54) is 24.9 Å². The minimum atomic E-state index is 0.0517. The summed E-state index contributed by atoms with van der Waals surface area (Å²) < 4.78 is 0. The van der Waals surface area contributed by atoms with Gasteiger partial charge in [0.15, 0.2) is 0 Å². The van der Waals surface area contributed by atoms with Gasteiger partial charge < -0.3 is 10.6 Å². The van der Waals surface area contributed by atoms with Gasteiger partial charge >= 0.3 is 0 Å². The molecule has 0 aromatic heterocycles. The maximum absolute atomic E-state index is 6.13. The fourth-order valence-corrected chi connectivity index (χ4v) is 3.29. The number of hydrogen-bond donors (Lipinski definition) is 1. The standard InChI is InChI=1S/C17H29N3/c1-17(13-18,15-8-5-4-6-9-15)14-20-11-7-10-16(20)12-19(2)3/h4-6,8-9,16H,7,10-14,18H2,1-3H3. The highest BCUT2D eigenvalue weighted by Crippen LogP contribution is 2.28. The monoisotopic (exact) mass is 275 g/mol. The zero-order chi connectivity index (χ0) is 14.6. The maximum atomic E-state index is 6.13. The van der Waals surface area contributed by atoms with Crippen molar-refractivity contribution in [1.82, 2.24) is 9.80 Å². The average Bonchev–Trinajstić information content (AvgIpc) is 2.86. The molecule has 1 heterocycles. The van der Waals surface area contributed by atoms with Gasteiger partial charge in [-0.3, -0.25) is 4.90 Å². The summed E-state index contributed by atoms with van der Waals surface area (Å²) in [5, 5.41) is 0. The van der Waals surface area contributed by atoms with Crippen molar-refractivity contribution < 1.29 is 0 Å². The largest absolute Gasteiger partial charge is 0.330 e. The Hall–Kier alpha value is -0.900. The molecule has 112 valence electrons. The van der Waals surface area contributed by atoms with Gasteiger partial charge in [0.25, 0.3) is 0 Å². The summed E-state index contributed by atoms with van der Waals surface area (Å²) >= 11 is 0. The minimum absolute atomic E-state index is 0.0517. The number of hydrogen-bond acceptors (Lipinski definition) is 3. The molecule has 1 fully saturated rings. The average molecular weight is 275 g/mol. The number of likely N-dealkylation sites (tertiary alicyclic amines) is 1. The van der Waals surface area contributed by atoms with Gasteiger partial charge in [-0.15, -0.1) is 0 Å². The van der Waals surface area contributed by atoms with Crippen LogP contribution in [-0.2, 0) is 5.41 Å². The molecule has 1 aromatic rings. The smallest absolute Gasteiger partial charge is 0.0223 e. The second kappa shape index (κ2) is 6.70. The molecule has 1 saturated heterocycles. The Bertz CT molecular complexity index is 404. The molecule has 0 spiro atoms. The Morgan fingerprint density at radius 3 is 2.60 bits per heavy atom. The van der Waals surface area contributed by atoms with E-state index in [1.807, 2.05) is 0 Å². The molecule has 2 unspecified atom stereocenters. The summed E-state index contributed by atoms with van der Waals surface area (Å²) in [4.78, 5) is 4.94. The molecule has 1 aliphatic heterocycles. The molecular formula is C17H29N3. The van der Waals surface area contributed by atoms with Gasteiger partial charge in [0.2, 0.25) is 0 Å². The molecule has 20 heavy (non-hydrogen) atoms. The first-order valence-corrected chi connectivity index (χ1v) is 7.69. The molecule has 3 heteroatoms. The zero-order valence-electron chi connectivity index (χ0n) is 13.2. The Labute approximate surface area is 123 Å². The van der Waals surface area contributed by atoms with E-state index in [1.54, 1.807) is 0 Å². The van der Waals surface area contributed by atoms with Crippen LogP contribution in [-0.4, -0.2) is 56.1 Å². The quantitative estimate of drug-likeness (QED) is 0.861. The number of benzene rings is 1. The summed E-state index contributed by atoms with van der Waals surface area (Å²) in [6.07, 6.45) is 2.63. The fourth-order valence-electron chi connectivity index (χ4n) is 3.29. The van der Waals surface area contributed by atoms with Crippen molar-refractivity contribution in [2.24, 2.45) is 5.73 Å². The van der Waals surface area contributed by atoms with Crippen LogP contribution >= 0.6 is 0 Å². The van der Waals surface area contributed by atoms with Gasteiger partial charge in [-0.1, -0.05) is 37.3 Å². The number of rotatable bonds is 6. The molecule has 1 aliphatic rings. The van der Waals surface area contributed by atoms with Crippen LogP contribution in [0.4, 0.5) is 0 Å². The van der Waals surface area contributed by atoms with Crippen LogP contribution in [0.25, 0.3) is 0 Å². The van der Waals surface area contributed by atoms with E-state index in [2.05, 4.69) is 61.2 Å². The van der Waals surface area contributed by atoms with Crippen molar-refractivity contribution in [3.05, 3.63) is 35.9 Å². The summed E-state index contributed by atoms with van der Waals surface area (Å²) in [5.74, 6) is 0. The van der Waals surface area contributed by atoms with E-state index in [0.29, 0.717) is 12.6 Å². The third kappa shape index (κ3) is 3.60. The van der Waals surface area contributed by atoms with Crippen molar-refractivity contribution in [2.45, 2.75) is 31.2 Å². The first-order chi connectivity index (χ1) is 9.55. The van der Waals surface area contributed by atoms with Gasteiger partial charge in [0.05, 0.1) is 0 Å². The van der Waals surface area contributed by atoms with Gasteiger partial charge in [0.1, 0.15) is 0 Å². The molecule has 0 amide bonds. The highest BCUT2D eigenvalue weighted by atomic mass is 15.2. The second-order valence-electron chi connectivity index (χ2n) is 6.66. The summed E-state index contributed by atoms with van der Waals surface area (Å²) in [6, 6.07) is 11.4. The number of nitrogens with two attached hydrogens (primary N) is 1. The Morgan fingerprint density at radius 2 is 2.00 bits per heavy atom. The van der Waals surface area contributed by atoms with Crippen LogP contribution in [0.3, 0.4) is 0 Å². The summed E-state index contributed by atoms with van der Waals surface area (Å²) in [5.41, 5.74) is 7.54. The molecule has 2 N–H and O–H groups in total. The van der Waals surface area contributed by atoms with Crippen LogP contribution in [0.2, 0.25) is 0 Å².